The van der Waals surface area contributed by atoms with Gasteiger partial charge >= 0.3 is 0 Å². The third-order valence-electron chi connectivity index (χ3n) is 6.63. The van der Waals surface area contributed by atoms with Crippen molar-refractivity contribution in [1.29, 1.82) is 5.26 Å². The fourth-order valence-corrected chi connectivity index (χ4v) is 5.10. The van der Waals surface area contributed by atoms with E-state index in [4.69, 9.17) is 15.2 Å². The molecule has 2 aliphatic rings. The van der Waals surface area contributed by atoms with Gasteiger partial charge in [-0.05, 0) is 41.5 Å². The summed E-state index contributed by atoms with van der Waals surface area (Å²) in [5, 5.41) is 15.9. The monoisotopic (exact) mass is 447 g/mol. The topological polar surface area (TPSA) is 84.6 Å². The molecule has 0 saturated carbocycles. The minimum atomic E-state index is -0.250. The molecular formula is C27H33N3O3. The van der Waals surface area contributed by atoms with Gasteiger partial charge in [0.1, 0.15) is 0 Å². The maximum atomic E-state index is 13.1. The Labute approximate surface area is 196 Å². The summed E-state index contributed by atoms with van der Waals surface area (Å²) >= 11 is 0. The lowest BCUT2D eigenvalue weighted by Crippen LogP contribution is -2.35. The van der Waals surface area contributed by atoms with Crippen LogP contribution in [0.2, 0.25) is 0 Å². The summed E-state index contributed by atoms with van der Waals surface area (Å²) in [6.07, 6.45) is 1.60. The molecule has 1 amide bonds. The first-order valence-corrected chi connectivity index (χ1v) is 11.6. The number of rotatable bonds is 6. The van der Waals surface area contributed by atoms with Gasteiger partial charge in [0.2, 0.25) is 5.91 Å². The van der Waals surface area contributed by atoms with E-state index in [1.807, 2.05) is 18.2 Å². The number of nitrogens with zero attached hydrogens (tertiary/aromatic N) is 3. The van der Waals surface area contributed by atoms with Crippen molar-refractivity contribution in [2.45, 2.75) is 39.3 Å². The average molecular weight is 448 g/mol. The lowest BCUT2D eigenvalue weighted by molar-refractivity contribution is -0.133. The predicted molar refractivity (Wildman–Crippen MR) is 127 cm³/mol. The molecule has 2 fully saturated rings. The molecule has 0 radical (unpaired) electrons. The number of carbonyl (C=O) groups is 2. The Hall–Kier alpha value is -3.17. The SMILES string of the molecule is CC(C)CCC(=O)N1C[C@@H]2CN(Cc3ccc(C#N)cc3)C[C@@H]2[C@H]1c1ccccc1.O=CO. The highest BCUT2D eigenvalue weighted by Crippen LogP contribution is 2.45. The average Bonchev–Trinajstić information content (AvgIpc) is 3.36. The molecule has 1 N–H and O–H groups in total. The minimum Gasteiger partial charge on any atom is -0.483 e. The van der Waals surface area contributed by atoms with Crippen LogP contribution in [0.25, 0.3) is 0 Å². The Morgan fingerprint density at radius 2 is 1.79 bits per heavy atom. The van der Waals surface area contributed by atoms with E-state index in [2.05, 4.69) is 66.1 Å². The van der Waals surface area contributed by atoms with Gasteiger partial charge in [-0.25, -0.2) is 0 Å². The van der Waals surface area contributed by atoms with Crippen LogP contribution < -0.4 is 0 Å². The smallest absolute Gasteiger partial charge is 0.290 e. The zero-order valence-electron chi connectivity index (χ0n) is 19.4. The maximum absolute atomic E-state index is 13.1. The summed E-state index contributed by atoms with van der Waals surface area (Å²) in [7, 11) is 0. The van der Waals surface area contributed by atoms with Gasteiger partial charge in [0.05, 0.1) is 17.7 Å². The van der Waals surface area contributed by atoms with Crippen LogP contribution in [0, 0.1) is 29.1 Å². The number of likely N-dealkylation sites (tertiary alicyclic amines) is 2. The van der Waals surface area contributed by atoms with Crippen molar-refractivity contribution < 1.29 is 14.7 Å². The van der Waals surface area contributed by atoms with Crippen LogP contribution in [-0.4, -0.2) is 46.9 Å². The zero-order chi connectivity index (χ0) is 23.8. The zero-order valence-corrected chi connectivity index (χ0v) is 19.4. The molecule has 0 bridgehead atoms. The molecule has 0 unspecified atom stereocenters. The molecule has 2 aromatic carbocycles. The first-order valence-electron chi connectivity index (χ1n) is 11.6. The highest BCUT2D eigenvalue weighted by molar-refractivity contribution is 5.77. The van der Waals surface area contributed by atoms with E-state index in [0.29, 0.717) is 35.6 Å². The van der Waals surface area contributed by atoms with Crippen molar-refractivity contribution in [3.8, 4) is 6.07 Å². The Morgan fingerprint density at radius 1 is 1.12 bits per heavy atom. The minimum absolute atomic E-state index is 0.182. The fourth-order valence-electron chi connectivity index (χ4n) is 5.10. The summed E-state index contributed by atoms with van der Waals surface area (Å²) in [5.41, 5.74) is 3.22. The van der Waals surface area contributed by atoms with Crippen molar-refractivity contribution in [1.82, 2.24) is 9.80 Å². The van der Waals surface area contributed by atoms with Crippen LogP contribution >= 0.6 is 0 Å². The van der Waals surface area contributed by atoms with E-state index in [9.17, 15) is 4.79 Å². The number of amides is 1. The number of carboxylic acid groups (broad SMARTS) is 1. The van der Waals surface area contributed by atoms with Crippen LogP contribution in [0.4, 0.5) is 0 Å². The summed E-state index contributed by atoms with van der Waals surface area (Å²) in [6.45, 7) is 7.93. The number of hydrogen-bond donors (Lipinski definition) is 1. The molecule has 0 aromatic heterocycles. The summed E-state index contributed by atoms with van der Waals surface area (Å²) in [5.74, 6) is 1.87. The van der Waals surface area contributed by atoms with Crippen molar-refractivity contribution in [2.75, 3.05) is 19.6 Å². The number of hydrogen-bond acceptors (Lipinski definition) is 4. The molecule has 4 rings (SSSR count). The van der Waals surface area contributed by atoms with Crippen molar-refractivity contribution in [2.24, 2.45) is 17.8 Å². The second-order valence-corrected chi connectivity index (χ2v) is 9.37. The number of fused-ring (bicyclic) bond motifs is 1. The molecule has 174 valence electrons. The first-order chi connectivity index (χ1) is 16.0. The molecule has 3 atom stereocenters. The largest absolute Gasteiger partial charge is 0.483 e. The molecular weight excluding hydrogens is 414 g/mol. The summed E-state index contributed by atoms with van der Waals surface area (Å²) in [6, 6.07) is 20.9. The van der Waals surface area contributed by atoms with Crippen LogP contribution in [0.5, 0.6) is 0 Å². The maximum Gasteiger partial charge on any atom is 0.290 e. The molecule has 6 nitrogen and oxygen atoms in total. The number of nitriles is 1. The Bertz CT molecular complexity index is 953. The summed E-state index contributed by atoms with van der Waals surface area (Å²) in [4.78, 5) is 26.1. The van der Waals surface area contributed by atoms with Gasteiger partial charge in [-0.3, -0.25) is 14.5 Å². The first kappa shape index (κ1) is 24.5. The highest BCUT2D eigenvalue weighted by Gasteiger charge is 2.48. The van der Waals surface area contributed by atoms with Crippen LogP contribution in [-0.2, 0) is 16.1 Å². The van der Waals surface area contributed by atoms with E-state index in [1.165, 1.54) is 11.1 Å². The van der Waals surface area contributed by atoms with Gasteiger partial charge in [-0.15, -0.1) is 0 Å². The molecule has 6 heteroatoms. The third kappa shape index (κ3) is 6.21. The lowest BCUT2D eigenvalue weighted by atomic mass is 9.89. The van der Waals surface area contributed by atoms with Gasteiger partial charge in [-0.1, -0.05) is 56.3 Å². The molecule has 0 aliphatic carbocycles. The van der Waals surface area contributed by atoms with Crippen molar-refractivity contribution in [3.63, 3.8) is 0 Å². The van der Waals surface area contributed by atoms with Crippen LogP contribution in [0.15, 0.2) is 54.6 Å². The third-order valence-corrected chi connectivity index (χ3v) is 6.63. The van der Waals surface area contributed by atoms with E-state index >= 15 is 0 Å². The second kappa shape index (κ2) is 11.6. The van der Waals surface area contributed by atoms with Gasteiger partial charge < -0.3 is 10.0 Å². The molecule has 2 saturated heterocycles. The molecule has 2 aromatic rings. The van der Waals surface area contributed by atoms with Crippen LogP contribution in [0.3, 0.4) is 0 Å². The van der Waals surface area contributed by atoms with Gasteiger partial charge in [0.15, 0.2) is 0 Å². The van der Waals surface area contributed by atoms with E-state index in [0.717, 1.165) is 32.6 Å². The van der Waals surface area contributed by atoms with E-state index < -0.39 is 0 Å². The Balaban J connectivity index is 0.000000968. The summed E-state index contributed by atoms with van der Waals surface area (Å²) < 4.78 is 0. The fraction of sp³-hybridized carbons (Fsp3) is 0.444. The molecule has 2 aliphatic heterocycles. The molecule has 2 heterocycles. The van der Waals surface area contributed by atoms with Gasteiger partial charge in [-0.2, -0.15) is 5.26 Å². The second-order valence-electron chi connectivity index (χ2n) is 9.37. The number of carbonyl (C=O) groups excluding carboxylic acids is 1. The molecule has 0 spiro atoms. The van der Waals surface area contributed by atoms with Gasteiger partial charge in [0, 0.05) is 38.5 Å². The van der Waals surface area contributed by atoms with Gasteiger partial charge in [0.25, 0.3) is 6.47 Å². The highest BCUT2D eigenvalue weighted by atomic mass is 16.3. The Kier molecular flexibility index (Phi) is 8.62. The normalized spacial score (nSPS) is 21.8. The standard InChI is InChI=1S/C26H31N3O.CH2O2/c1-19(2)8-13-25(30)29-17-23-16-28(15-21-11-9-20(14-27)10-12-21)18-24(23)26(29)22-6-4-3-5-7-22;2-1-3/h3-7,9-12,19,23-24,26H,8,13,15-18H2,1-2H3;1H,(H,2,3)/t23-,24-,26+;/m0./s1. The van der Waals surface area contributed by atoms with E-state index in [-0.39, 0.29) is 12.5 Å². The molecule has 33 heavy (non-hydrogen) atoms. The van der Waals surface area contributed by atoms with Crippen molar-refractivity contribution >= 4 is 12.4 Å². The predicted octanol–water partition coefficient (Wildman–Crippen LogP) is 4.33. The van der Waals surface area contributed by atoms with E-state index in [1.54, 1.807) is 0 Å². The number of benzene rings is 2. The van der Waals surface area contributed by atoms with Crippen LogP contribution in [0.1, 0.15) is 49.4 Å². The van der Waals surface area contributed by atoms with Crippen molar-refractivity contribution in [3.05, 3.63) is 71.3 Å². The quantitative estimate of drug-likeness (QED) is 0.667. The Morgan fingerprint density at radius 3 is 2.39 bits per heavy atom. The lowest BCUT2D eigenvalue weighted by Gasteiger charge is -2.30.